The van der Waals surface area contributed by atoms with E-state index in [1.165, 1.54) is 0 Å². The molecule has 0 spiro atoms. The number of hydrogen-bond donors (Lipinski definition) is 4. The second-order valence-corrected chi connectivity index (χ2v) is 8.73. The van der Waals surface area contributed by atoms with Gasteiger partial charge in [0, 0.05) is 24.3 Å². The van der Waals surface area contributed by atoms with Crippen LogP contribution in [0.3, 0.4) is 0 Å². The third kappa shape index (κ3) is 5.56. The minimum Gasteiger partial charge on any atom is -0.476 e. The topological polar surface area (TPSA) is 133 Å². The summed E-state index contributed by atoms with van der Waals surface area (Å²) < 4.78 is 22.4. The van der Waals surface area contributed by atoms with Gasteiger partial charge in [0.25, 0.3) is 5.91 Å². The number of amides is 1. The van der Waals surface area contributed by atoms with E-state index < -0.39 is 11.7 Å². The van der Waals surface area contributed by atoms with Crippen LogP contribution < -0.4 is 26.8 Å². The summed E-state index contributed by atoms with van der Waals surface area (Å²) in [4.78, 5) is 16.4. The minimum atomic E-state index is -0.791. The van der Waals surface area contributed by atoms with Crippen LogP contribution in [0, 0.1) is 11.7 Å². The summed E-state index contributed by atoms with van der Waals surface area (Å²) in [7, 11) is 0. The van der Waals surface area contributed by atoms with Gasteiger partial charge in [-0.15, -0.1) is 5.10 Å². The van der Waals surface area contributed by atoms with Crippen molar-refractivity contribution in [3.63, 3.8) is 0 Å². The number of ether oxygens (including phenoxy) is 1. The Balaban J connectivity index is 2.01. The van der Waals surface area contributed by atoms with Crippen LogP contribution in [0.1, 0.15) is 51.4 Å². The molecule has 2 atom stereocenters. The Morgan fingerprint density at radius 2 is 1.94 bits per heavy atom. The van der Waals surface area contributed by atoms with E-state index in [4.69, 9.17) is 16.2 Å². The Kier molecular flexibility index (Phi) is 7.93. The third-order valence-corrected chi connectivity index (χ3v) is 5.48. The molecule has 0 unspecified atom stereocenters. The first kappa shape index (κ1) is 25.2. The fourth-order valence-corrected chi connectivity index (χ4v) is 3.81. The zero-order valence-electron chi connectivity index (χ0n) is 20.4. The van der Waals surface area contributed by atoms with Gasteiger partial charge in [-0.1, -0.05) is 13.8 Å². The zero-order valence-corrected chi connectivity index (χ0v) is 20.4. The smallest absolute Gasteiger partial charge is 0.252 e. The molecule has 184 valence electrons. The van der Waals surface area contributed by atoms with E-state index in [0.717, 1.165) is 23.4 Å². The van der Waals surface area contributed by atoms with Crippen molar-refractivity contribution in [2.24, 2.45) is 17.4 Å². The highest BCUT2D eigenvalue weighted by molar-refractivity contribution is 5.99. The van der Waals surface area contributed by atoms with Crippen LogP contribution in [0.15, 0.2) is 24.3 Å². The molecule has 34 heavy (non-hydrogen) atoms. The second kappa shape index (κ2) is 10.7. The van der Waals surface area contributed by atoms with Crippen LogP contribution in [0.5, 0.6) is 5.88 Å². The fraction of sp³-hybridized carbons (Fsp3) is 0.458. The van der Waals surface area contributed by atoms with Crippen molar-refractivity contribution in [3.8, 4) is 5.88 Å². The monoisotopic (exact) mass is 471 g/mol. The maximum absolute atomic E-state index is 14.8. The van der Waals surface area contributed by atoms with Crippen LogP contribution in [-0.2, 0) is 6.54 Å². The molecule has 3 rings (SSSR count). The summed E-state index contributed by atoms with van der Waals surface area (Å²) in [5, 5.41) is 11.5. The van der Waals surface area contributed by atoms with Gasteiger partial charge < -0.3 is 26.8 Å². The molecule has 0 radical (unpaired) electrons. The van der Waals surface area contributed by atoms with Gasteiger partial charge in [0.2, 0.25) is 5.88 Å². The van der Waals surface area contributed by atoms with Gasteiger partial charge in [0.1, 0.15) is 5.82 Å². The number of carbonyl (C=O) groups excluding carboxylic acids is 1. The van der Waals surface area contributed by atoms with Gasteiger partial charge >= 0.3 is 0 Å². The van der Waals surface area contributed by atoms with Gasteiger partial charge in [0.15, 0.2) is 11.6 Å². The van der Waals surface area contributed by atoms with E-state index in [-0.39, 0.29) is 29.3 Å². The number of primary amides is 1. The SMILES string of the molecule is CCOc1nn(CC)c2ccc(Nc3nc(N[C@H](CC(C)C)[C@H](C)N)c(F)cc3C(N)=O)cc12. The molecule has 2 heterocycles. The number of carbonyl (C=O) groups is 1. The molecule has 2 aromatic heterocycles. The number of rotatable bonds is 11. The normalized spacial score (nSPS) is 13.2. The molecular formula is C24H34FN7O2. The summed E-state index contributed by atoms with van der Waals surface area (Å²) in [6.45, 7) is 11.0. The number of hydrogen-bond acceptors (Lipinski definition) is 7. The molecular weight excluding hydrogens is 437 g/mol. The summed E-state index contributed by atoms with van der Waals surface area (Å²) >= 11 is 0. The molecule has 0 fully saturated rings. The largest absolute Gasteiger partial charge is 0.476 e. The molecule has 1 aromatic carbocycles. The molecule has 10 heteroatoms. The van der Waals surface area contributed by atoms with Crippen LogP contribution in [0.2, 0.25) is 0 Å². The van der Waals surface area contributed by atoms with Gasteiger partial charge in [-0.25, -0.2) is 9.37 Å². The van der Waals surface area contributed by atoms with Crippen molar-refractivity contribution < 1.29 is 13.9 Å². The average molecular weight is 472 g/mol. The third-order valence-electron chi connectivity index (χ3n) is 5.48. The summed E-state index contributed by atoms with van der Waals surface area (Å²) in [5.74, 6) is -0.450. The predicted molar refractivity (Wildman–Crippen MR) is 133 cm³/mol. The van der Waals surface area contributed by atoms with E-state index in [9.17, 15) is 9.18 Å². The van der Waals surface area contributed by atoms with E-state index in [1.54, 1.807) is 0 Å². The molecule has 0 saturated heterocycles. The maximum Gasteiger partial charge on any atom is 0.252 e. The van der Waals surface area contributed by atoms with E-state index in [0.29, 0.717) is 30.6 Å². The summed E-state index contributed by atoms with van der Waals surface area (Å²) in [5.41, 5.74) is 13.1. The Labute approximate surface area is 199 Å². The lowest BCUT2D eigenvalue weighted by Gasteiger charge is -2.25. The molecule has 6 N–H and O–H groups in total. The predicted octanol–water partition coefficient (Wildman–Crippen LogP) is 4.01. The lowest BCUT2D eigenvalue weighted by atomic mass is 9.99. The van der Waals surface area contributed by atoms with Crippen LogP contribution in [-0.4, -0.2) is 39.4 Å². The molecule has 0 aliphatic heterocycles. The first-order chi connectivity index (χ1) is 16.1. The lowest BCUT2D eigenvalue weighted by molar-refractivity contribution is 0.100. The number of aromatic nitrogens is 3. The minimum absolute atomic E-state index is 0.00494. The van der Waals surface area contributed by atoms with Crippen LogP contribution in [0.25, 0.3) is 10.9 Å². The first-order valence-electron chi connectivity index (χ1n) is 11.6. The van der Waals surface area contributed by atoms with Crippen molar-refractivity contribution >= 4 is 34.1 Å². The van der Waals surface area contributed by atoms with E-state index >= 15 is 0 Å². The molecule has 0 bridgehead atoms. The number of nitrogens with zero attached hydrogens (tertiary/aromatic N) is 3. The number of benzene rings is 1. The first-order valence-corrected chi connectivity index (χ1v) is 11.6. The van der Waals surface area contributed by atoms with Crippen LogP contribution >= 0.6 is 0 Å². The second-order valence-electron chi connectivity index (χ2n) is 8.73. The van der Waals surface area contributed by atoms with E-state index in [1.807, 2.05) is 43.7 Å². The van der Waals surface area contributed by atoms with Crippen molar-refractivity contribution in [1.82, 2.24) is 14.8 Å². The highest BCUT2D eigenvalue weighted by Gasteiger charge is 2.21. The summed E-state index contributed by atoms with van der Waals surface area (Å²) in [6, 6.07) is 6.25. The molecule has 0 aliphatic carbocycles. The molecule has 1 amide bonds. The maximum atomic E-state index is 14.8. The van der Waals surface area contributed by atoms with Crippen LogP contribution in [0.4, 0.5) is 21.7 Å². The van der Waals surface area contributed by atoms with Gasteiger partial charge in [-0.3, -0.25) is 9.48 Å². The lowest BCUT2D eigenvalue weighted by Crippen LogP contribution is -2.39. The van der Waals surface area contributed by atoms with Crippen molar-refractivity contribution in [3.05, 3.63) is 35.6 Å². The fourth-order valence-electron chi connectivity index (χ4n) is 3.81. The number of nitrogens with two attached hydrogens (primary N) is 2. The number of halogens is 1. The number of pyridine rings is 1. The zero-order chi connectivity index (χ0) is 25.0. The van der Waals surface area contributed by atoms with Gasteiger partial charge in [-0.05, 0) is 57.4 Å². The van der Waals surface area contributed by atoms with Crippen molar-refractivity contribution in [2.75, 3.05) is 17.2 Å². The van der Waals surface area contributed by atoms with Gasteiger partial charge in [-0.2, -0.15) is 0 Å². The molecule has 3 aromatic rings. The highest BCUT2D eigenvalue weighted by Crippen LogP contribution is 2.31. The number of aryl methyl sites for hydroxylation is 1. The number of nitrogens with one attached hydrogen (secondary N) is 2. The number of anilines is 3. The van der Waals surface area contributed by atoms with Crippen molar-refractivity contribution in [1.29, 1.82) is 0 Å². The molecule has 0 aliphatic rings. The molecule has 0 saturated carbocycles. The van der Waals surface area contributed by atoms with Gasteiger partial charge in [0.05, 0.1) is 23.1 Å². The Hall–Kier alpha value is -3.40. The Morgan fingerprint density at radius 1 is 1.21 bits per heavy atom. The average Bonchev–Trinajstić information content (AvgIpc) is 3.12. The Morgan fingerprint density at radius 3 is 2.53 bits per heavy atom. The Bertz CT molecular complexity index is 1160. The standard InChI is InChI=1S/C24H34FN7O2/c1-6-32-20-9-8-15(11-16(20)24(31-32)34-7-2)28-22-17(21(27)33)12-18(25)23(30-22)29-19(14(5)26)10-13(3)4/h8-9,11-14,19H,6-7,10,26H2,1-5H3,(H2,27,33)(H2,28,29,30)/t14-,19+/m0/s1. The molecule has 9 nitrogen and oxygen atoms in total. The summed E-state index contributed by atoms with van der Waals surface area (Å²) in [6.07, 6.45) is 0.734. The quantitative estimate of drug-likeness (QED) is 0.332. The number of fused-ring (bicyclic) bond motifs is 1. The van der Waals surface area contributed by atoms with Crippen molar-refractivity contribution in [2.45, 2.75) is 59.7 Å². The van der Waals surface area contributed by atoms with E-state index in [2.05, 4.69) is 34.6 Å². The highest BCUT2D eigenvalue weighted by atomic mass is 19.1.